The van der Waals surface area contributed by atoms with Crippen LogP contribution >= 0.6 is 0 Å². The summed E-state index contributed by atoms with van der Waals surface area (Å²) in [6, 6.07) is 1.89. The number of aliphatic hydroxyl groups is 1. The van der Waals surface area contributed by atoms with Gasteiger partial charge in [-0.05, 0) is 72.9 Å². The van der Waals surface area contributed by atoms with Crippen molar-refractivity contribution in [3.8, 4) is 0 Å². The number of nitrogens with one attached hydrogen (secondary N) is 3. The number of benzene rings is 6. The fourth-order valence-corrected chi connectivity index (χ4v) is 11.6. The first-order valence-corrected chi connectivity index (χ1v) is 27.7. The number of H-pyrrole nitrogens is 3. The van der Waals surface area contributed by atoms with E-state index in [0.29, 0.717) is 48.6 Å². The van der Waals surface area contributed by atoms with Crippen molar-refractivity contribution in [2.75, 3.05) is 0 Å². The average Bonchev–Trinajstić information content (AvgIpc) is 1.67. The van der Waals surface area contributed by atoms with Crippen molar-refractivity contribution in [2.24, 2.45) is 15.0 Å². The highest BCUT2D eigenvalue weighted by Crippen LogP contribution is 2.47. The molecule has 7 nitrogen and oxygen atoms in total. The molecule has 1 atom stereocenters. The zero-order valence-corrected chi connectivity index (χ0v) is 48.6. The van der Waals surface area contributed by atoms with Gasteiger partial charge in [0, 0.05) is 55.6 Å². The first-order chi connectivity index (χ1) is 48.5. The van der Waals surface area contributed by atoms with Gasteiger partial charge in [-0.25, -0.2) is 147 Å². The Morgan fingerprint density at radius 1 is 0.233 bits per heavy atom. The molecular formula is C66H16F30N6O. The molecule has 0 fully saturated rings. The van der Waals surface area contributed by atoms with E-state index >= 15 is 105 Å². The second-order valence-corrected chi connectivity index (χ2v) is 21.8. The summed E-state index contributed by atoms with van der Waals surface area (Å²) in [5.74, 6) is -87.6. The third-order valence-electron chi connectivity index (χ3n) is 16.2. The number of hydrogen-bond donors (Lipinski definition) is 4. The molecule has 7 heterocycles. The van der Waals surface area contributed by atoms with Gasteiger partial charge in [0.25, 0.3) is 0 Å². The van der Waals surface area contributed by atoms with E-state index in [1.165, 1.54) is 0 Å². The van der Waals surface area contributed by atoms with Gasteiger partial charge in [-0.3, -0.25) is 0 Å². The molecule has 12 bridgehead atoms. The third kappa shape index (κ3) is 10.1. The van der Waals surface area contributed by atoms with Gasteiger partial charge in [0.2, 0.25) is 34.9 Å². The molecule has 4 N–H and O–H groups in total. The molecule has 0 aliphatic carbocycles. The lowest BCUT2D eigenvalue weighted by Crippen LogP contribution is -2.39. The lowest BCUT2D eigenvalue weighted by atomic mass is 9.84. The van der Waals surface area contributed by atoms with Crippen molar-refractivity contribution in [1.82, 2.24) is 15.0 Å². The zero-order valence-electron chi connectivity index (χ0n) is 48.6. The van der Waals surface area contributed by atoms with Crippen molar-refractivity contribution in [2.45, 2.75) is 5.60 Å². The fraction of sp³-hybridized carbons (Fsp3) is 0.0152. The smallest absolute Gasteiger partial charge is 0.200 e. The summed E-state index contributed by atoms with van der Waals surface area (Å²) >= 11 is 0. The number of halogens is 30. The molecule has 9 aromatic rings. The number of fused-ring (bicyclic) bond motifs is 9. The molecule has 6 aromatic carbocycles. The first-order valence-electron chi connectivity index (χ1n) is 27.7. The van der Waals surface area contributed by atoms with Crippen LogP contribution < -0.4 is 10.7 Å². The second-order valence-electron chi connectivity index (χ2n) is 21.8. The van der Waals surface area contributed by atoms with E-state index in [9.17, 15) is 31.4 Å². The molecule has 1 unspecified atom stereocenters. The van der Waals surface area contributed by atoms with Crippen LogP contribution in [0.2, 0.25) is 0 Å². The monoisotopic (exact) mass is 1480 g/mol. The van der Waals surface area contributed by atoms with Crippen LogP contribution in [-0.2, 0) is 5.60 Å². The molecule has 0 radical (unpaired) electrons. The van der Waals surface area contributed by atoms with Crippen molar-refractivity contribution in [3.63, 3.8) is 0 Å². The zero-order chi connectivity index (χ0) is 74.8. The molecule has 0 spiro atoms. The Bertz CT molecular complexity index is 5730. The van der Waals surface area contributed by atoms with Crippen molar-refractivity contribution >= 4 is 45.0 Å². The first kappa shape index (κ1) is 69.7. The van der Waals surface area contributed by atoms with E-state index in [1.54, 1.807) is 0 Å². The van der Waals surface area contributed by atoms with Gasteiger partial charge in [0.1, 0.15) is 0 Å². The number of allylic oxidation sites excluding steroid dienone is 5. The second kappa shape index (κ2) is 24.5. The average molecular weight is 1480 g/mol. The lowest BCUT2D eigenvalue weighted by Gasteiger charge is -2.28. The summed E-state index contributed by atoms with van der Waals surface area (Å²) in [4.78, 5) is 17.5. The Morgan fingerprint density at radius 3 is 0.786 bits per heavy atom. The van der Waals surface area contributed by atoms with E-state index in [2.05, 4.69) is 20.0 Å². The molecule has 37 heteroatoms. The highest BCUT2D eigenvalue weighted by atomic mass is 19.2. The summed E-state index contributed by atoms with van der Waals surface area (Å²) < 4.78 is 473. The number of aliphatic imine (C=N–C) groups is 3. The summed E-state index contributed by atoms with van der Waals surface area (Å²) in [5.41, 5.74) is -40.9. The van der Waals surface area contributed by atoms with Gasteiger partial charge in [-0.1, -0.05) is 0 Å². The molecule has 0 saturated heterocycles. The lowest BCUT2D eigenvalue weighted by molar-refractivity contribution is 0.139. The third-order valence-corrected chi connectivity index (χ3v) is 16.2. The normalized spacial score (nSPS) is 19.2. The Balaban J connectivity index is 1.27. The van der Waals surface area contributed by atoms with Crippen molar-refractivity contribution < 1.29 is 137 Å². The van der Waals surface area contributed by atoms with Crippen LogP contribution in [0.5, 0.6) is 0 Å². The van der Waals surface area contributed by atoms with Crippen LogP contribution in [0.15, 0.2) is 105 Å². The predicted octanol–water partition coefficient (Wildman–Crippen LogP) is 16.2. The number of rotatable bonds is 6. The molecular weight excluding hydrogens is 1460 g/mol. The molecule has 3 aromatic heterocycles. The van der Waals surface area contributed by atoms with E-state index < -0.39 is 309 Å². The molecule has 103 heavy (non-hydrogen) atoms. The number of nitrogens with zero attached hydrogens (tertiary/aromatic N) is 3. The summed E-state index contributed by atoms with van der Waals surface area (Å²) in [5, 5.41) is 10.4. The summed E-state index contributed by atoms with van der Waals surface area (Å²) in [7, 11) is 0. The van der Waals surface area contributed by atoms with Gasteiger partial charge < -0.3 is 20.1 Å². The summed E-state index contributed by atoms with van der Waals surface area (Å²) in [6.07, 6.45) is 1.71. The largest absolute Gasteiger partial charge is 0.373 e. The van der Waals surface area contributed by atoms with E-state index in [4.69, 9.17) is 0 Å². The predicted molar refractivity (Wildman–Crippen MR) is 295 cm³/mol. The van der Waals surface area contributed by atoms with E-state index in [1.807, 2.05) is 9.97 Å². The number of aromatic nitrogens is 3. The quantitative estimate of drug-likeness (QED) is 0.0743. The Kier molecular flexibility index (Phi) is 16.6. The maximum atomic E-state index is 16.6. The van der Waals surface area contributed by atoms with Gasteiger partial charge in [-0.15, -0.1) is 0 Å². The minimum Gasteiger partial charge on any atom is -0.373 e. The van der Waals surface area contributed by atoms with Crippen LogP contribution in [0.3, 0.4) is 0 Å². The topological polar surface area (TPSA) is 105 Å². The minimum atomic E-state index is -4.46. The molecule has 526 valence electrons. The van der Waals surface area contributed by atoms with Crippen LogP contribution in [-0.4, -0.2) is 37.2 Å². The van der Waals surface area contributed by atoms with Gasteiger partial charge >= 0.3 is 0 Å². The van der Waals surface area contributed by atoms with Gasteiger partial charge in [-0.2, -0.15) is 0 Å². The summed E-state index contributed by atoms with van der Waals surface area (Å²) in [6.45, 7) is 0. The molecule has 4 aliphatic heterocycles. The molecule has 13 rings (SSSR count). The Hall–Kier alpha value is -11.8. The van der Waals surface area contributed by atoms with Crippen molar-refractivity contribution in [3.05, 3.63) is 331 Å². The molecule has 0 amide bonds. The fourth-order valence-electron chi connectivity index (χ4n) is 11.6. The SMILES string of the molecule is OC1(c2c(F)c(F)c(F)c(F)c2F)C2=N/C(=C(/c3c(F)c(F)c(F)c(F)c3F)c3ccc([nH]3)/C(c3c(F)c(F)c(F)c(F)c3F)=C3/C=CC(=N3)/C(c3c(F)c(F)c(F)c(F)c3F)=c3/cc/c([nH]3)=C(\c3c(F)c(F)c(F)c(F)c3F)C3=N/C(=C(/c4c(F)c(F)c(F)c(F)c4F)c4ccc1[nH]4)C=C3)C=C2. The molecule has 4 aliphatic rings. The molecule has 0 saturated carbocycles. The van der Waals surface area contributed by atoms with Crippen molar-refractivity contribution in [1.29, 1.82) is 0 Å². The highest BCUT2D eigenvalue weighted by Gasteiger charge is 2.48. The highest BCUT2D eigenvalue weighted by molar-refractivity contribution is 6.32. The Labute approximate surface area is 547 Å². The maximum absolute atomic E-state index is 16.6. The van der Waals surface area contributed by atoms with Gasteiger partial charge in [0.15, 0.2) is 145 Å². The van der Waals surface area contributed by atoms with Crippen LogP contribution in [0, 0.1) is 175 Å². The van der Waals surface area contributed by atoms with Crippen LogP contribution in [0.4, 0.5) is 132 Å². The van der Waals surface area contributed by atoms with Crippen LogP contribution in [0.25, 0.3) is 27.9 Å². The van der Waals surface area contributed by atoms with Gasteiger partial charge in [0.05, 0.1) is 73.3 Å². The Morgan fingerprint density at radius 2 is 0.476 bits per heavy atom. The number of aromatic amines is 3. The van der Waals surface area contributed by atoms with E-state index in [-0.39, 0.29) is 24.3 Å². The maximum Gasteiger partial charge on any atom is 0.200 e. The standard InChI is InChI=1S/C66H16F30N6O/c67-36-30(37(68)49(80)60(91)48(36)79)25-13-1-3-15(97-13)26(31-38(69)50(81)61(92)51(82)39(31)70)17-5-7-19(99-17)28(33-42(73)54(85)63(94)55(86)43(33)74)21-9-11-23(101-21)66(103,35-46(77)58(89)65(96)59(90)47(35)78)24-12-10-22(102-24)29(34-44(75)56(87)64(95)57(88)45(34)76)20-8-6-18(100-20)27(16-4-2-14(25)98-16)32-40(71)52(83)62(93)53(84)41(32)72/h1-12,97,100-101,103H/b25-13+,26-15+,27-16+,28-19+,29-22+. The van der Waals surface area contributed by atoms with E-state index in [0.717, 1.165) is 0 Å². The number of hydrogen-bond acceptors (Lipinski definition) is 4. The minimum absolute atomic E-state index is 0.161. The van der Waals surface area contributed by atoms with Crippen LogP contribution in [0.1, 0.15) is 56.2 Å².